The summed E-state index contributed by atoms with van der Waals surface area (Å²) in [5, 5.41) is 15.6. The quantitative estimate of drug-likeness (QED) is 0.413. The van der Waals surface area contributed by atoms with Crippen molar-refractivity contribution in [2.24, 2.45) is 0 Å². The van der Waals surface area contributed by atoms with E-state index < -0.39 is 11.7 Å². The number of nitrogens with zero attached hydrogens (tertiary/aromatic N) is 1. The molecule has 8 heteroatoms. The number of nitrogens with one attached hydrogen (secondary N) is 2. The van der Waals surface area contributed by atoms with E-state index in [4.69, 9.17) is 16.6 Å². The number of hydrogen-bond donors (Lipinski definition) is 3. The lowest BCUT2D eigenvalue weighted by molar-refractivity contribution is 0.0974. The fourth-order valence-electron chi connectivity index (χ4n) is 2.92. The summed E-state index contributed by atoms with van der Waals surface area (Å²) in [5.74, 6) is -1.11. The molecule has 6 nitrogen and oxygen atoms in total. The lowest BCUT2D eigenvalue weighted by atomic mass is 10.2. The number of carbonyl (C=O) groups is 1. The summed E-state index contributed by atoms with van der Waals surface area (Å²) in [5.41, 5.74) is 3.08. The van der Waals surface area contributed by atoms with Gasteiger partial charge in [-0.3, -0.25) is 10.1 Å². The number of benzene rings is 3. The van der Waals surface area contributed by atoms with Gasteiger partial charge in [0.1, 0.15) is 17.1 Å². The van der Waals surface area contributed by atoms with Gasteiger partial charge in [-0.05, 0) is 61.1 Å². The summed E-state index contributed by atoms with van der Waals surface area (Å²) in [7, 11) is 0. The number of anilines is 1. The number of aromatic nitrogens is 1. The Bertz CT molecular complexity index is 1290. The number of aromatic hydroxyl groups is 1. The number of phenolic OH excluding ortho intramolecular Hbond substituents is 1. The minimum Gasteiger partial charge on any atom is -0.507 e. The fraction of sp³-hybridized carbons (Fsp3) is 0.0455. The van der Waals surface area contributed by atoms with Crippen LogP contribution in [0.1, 0.15) is 15.9 Å². The second-order valence-electron chi connectivity index (χ2n) is 6.61. The third-order valence-electron chi connectivity index (χ3n) is 4.38. The molecule has 0 unspecified atom stereocenters. The molecular formula is C22H16FN3O3S. The van der Waals surface area contributed by atoms with Crippen LogP contribution in [0.25, 0.3) is 22.6 Å². The predicted molar refractivity (Wildman–Crippen MR) is 116 cm³/mol. The number of phenols is 1. The Morgan fingerprint density at radius 1 is 1.13 bits per heavy atom. The molecule has 150 valence electrons. The first-order chi connectivity index (χ1) is 14.4. The summed E-state index contributed by atoms with van der Waals surface area (Å²) in [6, 6.07) is 15.9. The minimum absolute atomic E-state index is 0.0345. The Hall–Kier alpha value is -3.78. The molecule has 0 spiro atoms. The van der Waals surface area contributed by atoms with E-state index in [1.807, 2.05) is 25.1 Å². The number of rotatable bonds is 3. The number of carbonyl (C=O) groups excluding carboxylic acids is 1. The standard InChI is InChI=1S/C22H16FN3O3S/c1-12-6-9-17-19(10-12)29-21(25-17)15-8-7-13(11-18(15)27)24-22(30)26-20(28)14-4-2-3-5-16(14)23/h2-11,27H,1H3,(H2,24,26,28,30). The summed E-state index contributed by atoms with van der Waals surface area (Å²) < 4.78 is 19.4. The van der Waals surface area contributed by atoms with Crippen LogP contribution < -0.4 is 10.6 Å². The van der Waals surface area contributed by atoms with Crippen LogP contribution >= 0.6 is 12.2 Å². The molecule has 30 heavy (non-hydrogen) atoms. The molecule has 0 aliphatic carbocycles. The van der Waals surface area contributed by atoms with Crippen LogP contribution in [0.15, 0.2) is 65.1 Å². The highest BCUT2D eigenvalue weighted by atomic mass is 32.1. The van der Waals surface area contributed by atoms with Crippen LogP contribution in [0.3, 0.4) is 0 Å². The van der Waals surface area contributed by atoms with Crippen LogP contribution in [0, 0.1) is 12.7 Å². The Kier molecular flexibility index (Phi) is 5.16. The van der Waals surface area contributed by atoms with Gasteiger partial charge in [0.15, 0.2) is 10.7 Å². The lowest BCUT2D eigenvalue weighted by Crippen LogP contribution is -2.34. The Labute approximate surface area is 176 Å². The molecule has 0 aliphatic heterocycles. The summed E-state index contributed by atoms with van der Waals surface area (Å²) in [6.45, 7) is 1.95. The van der Waals surface area contributed by atoms with Crippen molar-refractivity contribution in [3.63, 3.8) is 0 Å². The smallest absolute Gasteiger partial charge is 0.260 e. The molecule has 0 fully saturated rings. The largest absolute Gasteiger partial charge is 0.507 e. The van der Waals surface area contributed by atoms with E-state index in [-0.39, 0.29) is 22.3 Å². The molecule has 3 aromatic carbocycles. The topological polar surface area (TPSA) is 87.4 Å². The maximum Gasteiger partial charge on any atom is 0.260 e. The van der Waals surface area contributed by atoms with Gasteiger partial charge in [0.05, 0.1) is 11.1 Å². The van der Waals surface area contributed by atoms with Crippen LogP contribution in [-0.2, 0) is 0 Å². The average molecular weight is 421 g/mol. The second kappa shape index (κ2) is 7.92. The van der Waals surface area contributed by atoms with Crippen molar-refractivity contribution in [3.8, 4) is 17.2 Å². The van der Waals surface area contributed by atoms with Gasteiger partial charge < -0.3 is 14.8 Å². The molecule has 1 amide bonds. The van der Waals surface area contributed by atoms with Crippen molar-refractivity contribution < 1.29 is 18.7 Å². The molecule has 0 bridgehead atoms. The normalized spacial score (nSPS) is 10.7. The van der Waals surface area contributed by atoms with Crippen molar-refractivity contribution in [3.05, 3.63) is 77.6 Å². The third-order valence-corrected chi connectivity index (χ3v) is 4.58. The van der Waals surface area contributed by atoms with Crippen molar-refractivity contribution in [2.75, 3.05) is 5.32 Å². The number of amides is 1. The number of thiocarbonyl (C=S) groups is 1. The van der Waals surface area contributed by atoms with Gasteiger partial charge in [0, 0.05) is 11.8 Å². The predicted octanol–water partition coefficient (Wildman–Crippen LogP) is 4.77. The molecule has 0 saturated heterocycles. The Balaban J connectivity index is 1.49. The maximum atomic E-state index is 13.7. The fourth-order valence-corrected chi connectivity index (χ4v) is 3.13. The first kappa shape index (κ1) is 19.5. The first-order valence-electron chi connectivity index (χ1n) is 8.98. The number of aryl methyl sites for hydroxylation is 1. The number of fused-ring (bicyclic) bond motifs is 1. The van der Waals surface area contributed by atoms with Gasteiger partial charge in [-0.25, -0.2) is 9.37 Å². The number of halogens is 1. The lowest BCUT2D eigenvalue weighted by Gasteiger charge is -2.11. The monoisotopic (exact) mass is 421 g/mol. The average Bonchev–Trinajstić information content (AvgIpc) is 3.11. The molecule has 1 heterocycles. The highest BCUT2D eigenvalue weighted by molar-refractivity contribution is 7.80. The number of hydrogen-bond acceptors (Lipinski definition) is 5. The van der Waals surface area contributed by atoms with Crippen molar-refractivity contribution >= 4 is 40.0 Å². The van der Waals surface area contributed by atoms with E-state index in [0.717, 1.165) is 5.56 Å². The molecule has 1 aromatic heterocycles. The Morgan fingerprint density at radius 2 is 1.93 bits per heavy atom. The van der Waals surface area contributed by atoms with Crippen LogP contribution in [0.5, 0.6) is 5.75 Å². The molecule has 0 saturated carbocycles. The first-order valence-corrected chi connectivity index (χ1v) is 9.39. The molecule has 0 radical (unpaired) electrons. The molecule has 3 N–H and O–H groups in total. The molecule has 4 rings (SSSR count). The van der Waals surface area contributed by atoms with Crippen LogP contribution in [0.4, 0.5) is 10.1 Å². The van der Waals surface area contributed by atoms with E-state index in [1.54, 1.807) is 18.2 Å². The highest BCUT2D eigenvalue weighted by Gasteiger charge is 2.15. The second-order valence-corrected chi connectivity index (χ2v) is 7.02. The van der Waals surface area contributed by atoms with Gasteiger partial charge in [-0.2, -0.15) is 0 Å². The SMILES string of the molecule is Cc1ccc2nc(-c3ccc(NC(=S)NC(=O)c4ccccc4F)cc3O)oc2c1. The van der Waals surface area contributed by atoms with E-state index in [1.165, 1.54) is 24.3 Å². The van der Waals surface area contributed by atoms with Gasteiger partial charge in [-0.15, -0.1) is 0 Å². The highest BCUT2D eigenvalue weighted by Crippen LogP contribution is 2.33. The molecular weight excluding hydrogens is 405 g/mol. The zero-order valence-electron chi connectivity index (χ0n) is 15.8. The molecule has 4 aromatic rings. The zero-order valence-corrected chi connectivity index (χ0v) is 16.6. The summed E-state index contributed by atoms with van der Waals surface area (Å²) >= 11 is 5.10. The Morgan fingerprint density at radius 3 is 2.70 bits per heavy atom. The molecule has 0 atom stereocenters. The van der Waals surface area contributed by atoms with E-state index in [9.17, 15) is 14.3 Å². The minimum atomic E-state index is -0.673. The van der Waals surface area contributed by atoms with Gasteiger partial charge in [-0.1, -0.05) is 18.2 Å². The maximum absolute atomic E-state index is 13.7. The van der Waals surface area contributed by atoms with Crippen molar-refractivity contribution in [1.29, 1.82) is 0 Å². The summed E-state index contributed by atoms with van der Waals surface area (Å²) in [4.78, 5) is 16.5. The number of oxazole rings is 1. The van der Waals surface area contributed by atoms with Crippen molar-refractivity contribution in [1.82, 2.24) is 10.3 Å². The van der Waals surface area contributed by atoms with Crippen LogP contribution in [-0.4, -0.2) is 21.1 Å². The molecule has 0 aliphatic rings. The van der Waals surface area contributed by atoms with Crippen LogP contribution in [0.2, 0.25) is 0 Å². The van der Waals surface area contributed by atoms with E-state index >= 15 is 0 Å². The van der Waals surface area contributed by atoms with E-state index in [2.05, 4.69) is 15.6 Å². The third kappa shape index (κ3) is 3.99. The summed E-state index contributed by atoms with van der Waals surface area (Å²) in [6.07, 6.45) is 0. The van der Waals surface area contributed by atoms with Gasteiger partial charge in [0.25, 0.3) is 5.91 Å². The van der Waals surface area contributed by atoms with E-state index in [0.29, 0.717) is 22.4 Å². The zero-order chi connectivity index (χ0) is 21.3. The van der Waals surface area contributed by atoms with Crippen molar-refractivity contribution in [2.45, 2.75) is 6.92 Å². The van der Waals surface area contributed by atoms with Gasteiger partial charge >= 0.3 is 0 Å². The van der Waals surface area contributed by atoms with Gasteiger partial charge in [0.2, 0.25) is 5.89 Å².